The fourth-order valence-corrected chi connectivity index (χ4v) is 4.25. The summed E-state index contributed by atoms with van der Waals surface area (Å²) in [5.74, 6) is -0.113. The summed E-state index contributed by atoms with van der Waals surface area (Å²) in [4.78, 5) is 11.1. The molecule has 2 rings (SSSR count). The maximum Gasteiger partial charge on any atom is 0.305 e. The van der Waals surface area contributed by atoms with Crippen molar-refractivity contribution < 1.29 is 28.2 Å². The molecule has 28 heavy (non-hydrogen) atoms. The monoisotopic (exact) mass is 400 g/mol. The highest BCUT2D eigenvalue weighted by Gasteiger charge is 2.52. The van der Waals surface area contributed by atoms with Gasteiger partial charge in [0.25, 0.3) is 0 Å². The number of hydrogen-bond acceptors (Lipinski definition) is 4. The Bertz CT molecular complexity index is 563. The molecular formula is C22H34F2O4. The Morgan fingerprint density at radius 1 is 1.43 bits per heavy atom. The van der Waals surface area contributed by atoms with E-state index in [4.69, 9.17) is 4.74 Å². The highest BCUT2D eigenvalue weighted by atomic mass is 19.1. The Kier molecular flexibility index (Phi) is 8.93. The number of allylic oxidation sites excluding steroid dienone is 3. The van der Waals surface area contributed by atoms with E-state index < -0.39 is 18.4 Å². The molecule has 1 aliphatic carbocycles. The van der Waals surface area contributed by atoms with Gasteiger partial charge in [0.1, 0.15) is 24.1 Å². The van der Waals surface area contributed by atoms with Gasteiger partial charge in [-0.1, -0.05) is 38.8 Å². The van der Waals surface area contributed by atoms with Gasteiger partial charge in [0.2, 0.25) is 0 Å². The normalized spacial score (nSPS) is 33.1. The highest BCUT2D eigenvalue weighted by Crippen LogP contribution is 2.49. The fourth-order valence-electron chi connectivity index (χ4n) is 4.25. The maximum absolute atomic E-state index is 15.0. The van der Waals surface area contributed by atoms with E-state index in [9.17, 15) is 14.3 Å². The van der Waals surface area contributed by atoms with Crippen LogP contribution in [0.25, 0.3) is 0 Å². The van der Waals surface area contributed by atoms with Gasteiger partial charge in [-0.3, -0.25) is 4.79 Å². The lowest BCUT2D eigenvalue weighted by Gasteiger charge is -2.20. The lowest BCUT2D eigenvalue weighted by molar-refractivity contribution is -0.140. The van der Waals surface area contributed by atoms with Gasteiger partial charge < -0.3 is 14.6 Å². The molecule has 2 fully saturated rings. The van der Waals surface area contributed by atoms with Crippen LogP contribution in [0.15, 0.2) is 24.0 Å². The third-order valence-corrected chi connectivity index (χ3v) is 5.92. The molecular weight excluding hydrogens is 366 g/mol. The van der Waals surface area contributed by atoms with Crippen molar-refractivity contribution in [3.63, 3.8) is 0 Å². The fraction of sp³-hybridized carbons (Fsp3) is 0.773. The minimum Gasteiger partial charge on any atom is -0.492 e. The summed E-state index contributed by atoms with van der Waals surface area (Å²) in [5.41, 5.74) is 0. The molecule has 0 spiro atoms. The molecule has 1 aliphatic heterocycles. The SMILES string of the molecule is CCCCC(F)[C@H](O)/C=C/[C@@H]1[C@H]2C(F)/C(=C/CCCC(=O)OC)O[C@H]2C[C@H]1C. The molecule has 4 nitrogen and oxygen atoms in total. The number of ether oxygens (including phenoxy) is 2. The van der Waals surface area contributed by atoms with E-state index in [1.165, 1.54) is 13.2 Å². The molecule has 1 saturated heterocycles. The summed E-state index contributed by atoms with van der Waals surface area (Å²) in [7, 11) is 1.35. The first-order valence-corrected chi connectivity index (χ1v) is 10.5. The van der Waals surface area contributed by atoms with E-state index in [1.54, 1.807) is 12.2 Å². The Morgan fingerprint density at radius 2 is 2.18 bits per heavy atom. The smallest absolute Gasteiger partial charge is 0.305 e. The molecule has 0 amide bonds. The van der Waals surface area contributed by atoms with Crippen LogP contribution in [0, 0.1) is 17.8 Å². The number of aliphatic hydroxyl groups is 1. The van der Waals surface area contributed by atoms with Crippen LogP contribution in [-0.4, -0.2) is 42.7 Å². The van der Waals surface area contributed by atoms with Gasteiger partial charge in [0.15, 0.2) is 6.17 Å². The van der Waals surface area contributed by atoms with Gasteiger partial charge in [-0.15, -0.1) is 0 Å². The van der Waals surface area contributed by atoms with Crippen LogP contribution in [0.1, 0.15) is 58.8 Å². The Labute approximate surface area is 167 Å². The van der Waals surface area contributed by atoms with E-state index in [0.717, 1.165) is 19.3 Å². The molecule has 0 aromatic carbocycles. The molecule has 1 saturated carbocycles. The zero-order chi connectivity index (χ0) is 20.7. The Balaban J connectivity index is 1.93. The molecule has 0 bridgehead atoms. The molecule has 0 aromatic heterocycles. The van der Waals surface area contributed by atoms with Crippen molar-refractivity contribution in [3.05, 3.63) is 24.0 Å². The van der Waals surface area contributed by atoms with Crippen LogP contribution < -0.4 is 0 Å². The van der Waals surface area contributed by atoms with Gasteiger partial charge in [0, 0.05) is 12.3 Å². The number of unbranched alkanes of at least 4 members (excludes halogenated alkanes) is 2. The van der Waals surface area contributed by atoms with E-state index in [2.05, 4.69) is 4.74 Å². The van der Waals surface area contributed by atoms with Crippen molar-refractivity contribution in [2.24, 2.45) is 17.8 Å². The number of halogens is 2. The second-order valence-electron chi connectivity index (χ2n) is 8.03. The molecule has 0 radical (unpaired) electrons. The quantitative estimate of drug-likeness (QED) is 0.329. The van der Waals surface area contributed by atoms with Crippen molar-refractivity contribution in [1.82, 2.24) is 0 Å². The van der Waals surface area contributed by atoms with Gasteiger partial charge in [0.05, 0.1) is 7.11 Å². The predicted octanol–water partition coefficient (Wildman–Crippen LogP) is 4.67. The number of methoxy groups -OCH3 is 1. The molecule has 1 N–H and O–H groups in total. The Morgan fingerprint density at radius 3 is 2.86 bits per heavy atom. The van der Waals surface area contributed by atoms with E-state index >= 15 is 4.39 Å². The average molecular weight is 401 g/mol. The zero-order valence-electron chi connectivity index (χ0n) is 17.2. The van der Waals surface area contributed by atoms with Crippen LogP contribution in [0.2, 0.25) is 0 Å². The first kappa shape index (κ1) is 22.9. The van der Waals surface area contributed by atoms with Gasteiger partial charge in [-0.05, 0) is 43.6 Å². The number of esters is 1. The number of hydrogen-bond donors (Lipinski definition) is 1. The molecule has 7 atom stereocenters. The van der Waals surface area contributed by atoms with Crippen LogP contribution >= 0.6 is 0 Å². The van der Waals surface area contributed by atoms with Crippen LogP contribution in [0.3, 0.4) is 0 Å². The van der Waals surface area contributed by atoms with Crippen molar-refractivity contribution in [1.29, 1.82) is 0 Å². The number of alkyl halides is 2. The summed E-state index contributed by atoms with van der Waals surface area (Å²) >= 11 is 0. The van der Waals surface area contributed by atoms with Gasteiger partial charge in [-0.2, -0.15) is 0 Å². The third-order valence-electron chi connectivity index (χ3n) is 5.92. The lowest BCUT2D eigenvalue weighted by Crippen LogP contribution is -2.24. The summed E-state index contributed by atoms with van der Waals surface area (Å²) in [5, 5.41) is 10.0. The summed E-state index contributed by atoms with van der Waals surface area (Å²) in [6.07, 6.45) is 5.32. The van der Waals surface area contributed by atoms with Crippen molar-refractivity contribution in [2.75, 3.05) is 7.11 Å². The largest absolute Gasteiger partial charge is 0.492 e. The van der Waals surface area contributed by atoms with Crippen molar-refractivity contribution in [2.45, 2.75) is 83.3 Å². The van der Waals surface area contributed by atoms with Crippen LogP contribution in [0.4, 0.5) is 8.78 Å². The predicted molar refractivity (Wildman–Crippen MR) is 104 cm³/mol. The molecule has 2 aliphatic rings. The van der Waals surface area contributed by atoms with Crippen molar-refractivity contribution >= 4 is 5.97 Å². The van der Waals surface area contributed by atoms with Gasteiger partial charge >= 0.3 is 5.97 Å². The summed E-state index contributed by atoms with van der Waals surface area (Å²) in [6.45, 7) is 4.02. The average Bonchev–Trinajstić information content (AvgIpc) is 3.15. The second-order valence-corrected chi connectivity index (χ2v) is 8.03. The number of carbonyl (C=O) groups is 1. The van der Waals surface area contributed by atoms with Gasteiger partial charge in [-0.25, -0.2) is 8.78 Å². The lowest BCUT2D eigenvalue weighted by atomic mass is 9.86. The first-order valence-electron chi connectivity index (χ1n) is 10.5. The third kappa shape index (κ3) is 5.79. The van der Waals surface area contributed by atoms with Crippen LogP contribution in [0.5, 0.6) is 0 Å². The first-order chi connectivity index (χ1) is 13.4. The number of fused-ring (bicyclic) bond motifs is 1. The molecule has 6 heteroatoms. The second kappa shape index (κ2) is 10.9. The molecule has 160 valence electrons. The maximum atomic E-state index is 15.0. The Hall–Kier alpha value is -1.43. The van der Waals surface area contributed by atoms with E-state index in [0.29, 0.717) is 31.4 Å². The molecule has 1 heterocycles. The minimum absolute atomic E-state index is 0.0889. The van der Waals surface area contributed by atoms with Crippen LogP contribution in [-0.2, 0) is 14.3 Å². The van der Waals surface area contributed by atoms with Crippen molar-refractivity contribution in [3.8, 4) is 0 Å². The highest BCUT2D eigenvalue weighted by molar-refractivity contribution is 5.69. The summed E-state index contributed by atoms with van der Waals surface area (Å²) in [6, 6.07) is 0. The number of carbonyl (C=O) groups excluding carboxylic acids is 1. The minimum atomic E-state index is -1.28. The van der Waals surface area contributed by atoms with E-state index in [1.807, 2.05) is 13.8 Å². The van der Waals surface area contributed by atoms with E-state index in [-0.39, 0.29) is 29.8 Å². The molecule has 0 aromatic rings. The standard InChI is InChI=1S/C22H34F2O4/c1-4-5-8-16(23)17(25)12-11-15-14(2)13-19-21(15)22(24)18(28-19)9-6-7-10-20(26)27-3/h9,11-12,14-17,19,21-22,25H,4-8,10,13H2,1-3H3/b12-11+,18-9-/t14-,15+,16?,17-,19+,21-,22?/m1/s1. The topological polar surface area (TPSA) is 55.8 Å². The number of aliphatic hydroxyl groups excluding tert-OH is 1. The zero-order valence-corrected chi connectivity index (χ0v) is 17.2. The molecule has 2 unspecified atom stereocenters. The summed E-state index contributed by atoms with van der Waals surface area (Å²) < 4.78 is 39.4. The number of rotatable bonds is 10.